The Morgan fingerprint density at radius 3 is 2.62 bits per heavy atom. The summed E-state index contributed by atoms with van der Waals surface area (Å²) < 4.78 is 5.28. The van der Waals surface area contributed by atoms with E-state index in [-0.39, 0.29) is 11.9 Å². The standard InChI is InChI=1S/C30H37N5O2/c1-2-37-30(36)21-11-14-35(15-12-21)29-24-10-13-31-18-22(24)16-27(34-29)25-17-28(32-19-26(25)20-8-9-20)33-23-6-4-3-5-7-23/h10,13,16-21,23H,2-9,11-12,14-15H2,1H3,(H,32,33). The van der Waals surface area contributed by atoms with Crippen molar-refractivity contribution < 1.29 is 9.53 Å². The second kappa shape index (κ2) is 10.6. The number of ether oxygens (including phenoxy) is 1. The molecule has 2 saturated carbocycles. The molecule has 0 bridgehead atoms. The summed E-state index contributed by atoms with van der Waals surface area (Å²) in [6.45, 7) is 3.89. The minimum absolute atomic E-state index is 0.0256. The van der Waals surface area contributed by atoms with Crippen LogP contribution in [0.15, 0.2) is 36.8 Å². The quantitative estimate of drug-likeness (QED) is 0.394. The van der Waals surface area contributed by atoms with Gasteiger partial charge in [-0.25, -0.2) is 9.97 Å². The Hall–Kier alpha value is -3.22. The molecule has 1 N–H and O–H groups in total. The van der Waals surface area contributed by atoms with E-state index in [1.807, 2.05) is 19.3 Å². The first-order chi connectivity index (χ1) is 18.2. The Balaban J connectivity index is 1.34. The van der Waals surface area contributed by atoms with Gasteiger partial charge in [0.1, 0.15) is 11.6 Å². The molecule has 0 amide bonds. The molecule has 0 radical (unpaired) electrons. The smallest absolute Gasteiger partial charge is 0.309 e. The Kier molecular flexibility index (Phi) is 6.94. The van der Waals surface area contributed by atoms with Crippen LogP contribution in [-0.2, 0) is 9.53 Å². The fourth-order valence-electron chi connectivity index (χ4n) is 5.99. The summed E-state index contributed by atoms with van der Waals surface area (Å²) in [5.41, 5.74) is 3.47. The van der Waals surface area contributed by atoms with Crippen LogP contribution in [0.5, 0.6) is 0 Å². The number of pyridine rings is 3. The monoisotopic (exact) mass is 499 g/mol. The van der Waals surface area contributed by atoms with E-state index in [0.29, 0.717) is 18.6 Å². The number of nitrogens with zero attached hydrogens (tertiary/aromatic N) is 4. The van der Waals surface area contributed by atoms with Crippen LogP contribution in [0.2, 0.25) is 0 Å². The highest BCUT2D eigenvalue weighted by atomic mass is 16.5. The number of carbonyl (C=O) groups excluding carboxylic acids is 1. The maximum atomic E-state index is 12.3. The molecule has 0 spiro atoms. The first-order valence-electron chi connectivity index (χ1n) is 14.1. The van der Waals surface area contributed by atoms with Crippen LogP contribution in [-0.4, -0.2) is 46.7 Å². The van der Waals surface area contributed by atoms with Gasteiger partial charge in [-0.2, -0.15) is 0 Å². The van der Waals surface area contributed by atoms with Crippen molar-refractivity contribution in [3.63, 3.8) is 0 Å². The van der Waals surface area contributed by atoms with Gasteiger partial charge in [-0.05, 0) is 75.1 Å². The molecule has 1 saturated heterocycles. The predicted octanol–water partition coefficient (Wildman–Crippen LogP) is 6.09. The van der Waals surface area contributed by atoms with E-state index in [1.54, 1.807) is 0 Å². The Labute approximate surface area is 219 Å². The summed E-state index contributed by atoms with van der Waals surface area (Å²) in [6.07, 6.45) is 16.2. The highest BCUT2D eigenvalue weighted by Gasteiger charge is 2.30. The van der Waals surface area contributed by atoms with Gasteiger partial charge in [0, 0.05) is 54.1 Å². The van der Waals surface area contributed by atoms with E-state index < -0.39 is 0 Å². The van der Waals surface area contributed by atoms with Crippen LogP contribution in [0, 0.1) is 5.92 Å². The molecular formula is C30H37N5O2. The van der Waals surface area contributed by atoms with Crippen LogP contribution in [0.25, 0.3) is 22.0 Å². The van der Waals surface area contributed by atoms with E-state index in [1.165, 1.54) is 56.1 Å². The highest BCUT2D eigenvalue weighted by molar-refractivity contribution is 5.95. The number of rotatable bonds is 7. The van der Waals surface area contributed by atoms with Crippen LogP contribution in [0.4, 0.5) is 11.6 Å². The normalized spacial score (nSPS) is 19.2. The molecule has 7 heteroatoms. The zero-order valence-electron chi connectivity index (χ0n) is 21.8. The number of nitrogens with one attached hydrogen (secondary N) is 1. The molecule has 194 valence electrons. The second-order valence-electron chi connectivity index (χ2n) is 10.9. The summed E-state index contributed by atoms with van der Waals surface area (Å²) in [5, 5.41) is 5.91. The fraction of sp³-hybridized carbons (Fsp3) is 0.533. The van der Waals surface area contributed by atoms with Crippen LogP contribution in [0.3, 0.4) is 0 Å². The predicted molar refractivity (Wildman–Crippen MR) is 147 cm³/mol. The summed E-state index contributed by atoms with van der Waals surface area (Å²) in [5.74, 6) is 2.42. The SMILES string of the molecule is CCOC(=O)C1CCN(c2nc(-c3cc(NC4CCCCC4)ncc3C3CC3)cc3cnccc23)CC1. The number of carbonyl (C=O) groups is 1. The summed E-state index contributed by atoms with van der Waals surface area (Å²) in [4.78, 5) is 29.2. The van der Waals surface area contributed by atoms with Crippen LogP contribution in [0.1, 0.15) is 76.2 Å². The van der Waals surface area contributed by atoms with Gasteiger partial charge in [0.05, 0.1) is 18.2 Å². The fourth-order valence-corrected chi connectivity index (χ4v) is 5.99. The second-order valence-corrected chi connectivity index (χ2v) is 10.9. The van der Waals surface area contributed by atoms with E-state index in [0.717, 1.165) is 54.0 Å². The molecule has 2 aliphatic carbocycles. The lowest BCUT2D eigenvalue weighted by atomic mass is 9.95. The van der Waals surface area contributed by atoms with Gasteiger partial charge in [-0.3, -0.25) is 9.78 Å². The third-order valence-electron chi connectivity index (χ3n) is 8.21. The maximum Gasteiger partial charge on any atom is 0.309 e. The summed E-state index contributed by atoms with van der Waals surface area (Å²) in [6, 6.07) is 6.97. The zero-order chi connectivity index (χ0) is 25.2. The van der Waals surface area contributed by atoms with Crippen molar-refractivity contribution in [1.29, 1.82) is 0 Å². The lowest BCUT2D eigenvalue weighted by molar-refractivity contribution is -0.148. The molecule has 0 atom stereocenters. The van der Waals surface area contributed by atoms with E-state index in [4.69, 9.17) is 14.7 Å². The number of esters is 1. The number of fused-ring (bicyclic) bond motifs is 1. The third-order valence-corrected chi connectivity index (χ3v) is 8.21. The zero-order valence-corrected chi connectivity index (χ0v) is 21.8. The van der Waals surface area contributed by atoms with Gasteiger partial charge in [0.15, 0.2) is 0 Å². The molecule has 6 rings (SSSR count). The molecule has 3 aliphatic rings. The number of aromatic nitrogens is 3. The van der Waals surface area contributed by atoms with Crippen molar-refractivity contribution in [3.05, 3.63) is 42.4 Å². The summed E-state index contributed by atoms with van der Waals surface area (Å²) in [7, 11) is 0. The lowest BCUT2D eigenvalue weighted by Crippen LogP contribution is -2.37. The first kappa shape index (κ1) is 24.1. The highest BCUT2D eigenvalue weighted by Crippen LogP contribution is 2.45. The Bertz CT molecular complexity index is 1260. The molecule has 0 unspecified atom stereocenters. The molecule has 3 aromatic heterocycles. The molecule has 3 aromatic rings. The van der Waals surface area contributed by atoms with Crippen molar-refractivity contribution in [2.75, 3.05) is 29.9 Å². The average Bonchev–Trinajstić information content (AvgIpc) is 3.79. The lowest BCUT2D eigenvalue weighted by Gasteiger charge is -2.32. The van der Waals surface area contributed by atoms with Crippen molar-refractivity contribution in [2.45, 2.75) is 76.7 Å². The largest absolute Gasteiger partial charge is 0.466 e. The molecular weight excluding hydrogens is 462 g/mol. The van der Waals surface area contributed by atoms with Gasteiger partial charge in [0.2, 0.25) is 0 Å². The number of hydrogen-bond acceptors (Lipinski definition) is 7. The molecule has 3 fully saturated rings. The third kappa shape index (κ3) is 5.27. The van der Waals surface area contributed by atoms with Gasteiger partial charge < -0.3 is 15.0 Å². The van der Waals surface area contributed by atoms with Gasteiger partial charge in [-0.1, -0.05) is 19.3 Å². The number of anilines is 2. The van der Waals surface area contributed by atoms with Gasteiger partial charge in [-0.15, -0.1) is 0 Å². The van der Waals surface area contributed by atoms with Crippen molar-refractivity contribution in [2.24, 2.45) is 5.92 Å². The van der Waals surface area contributed by atoms with Crippen LogP contribution < -0.4 is 10.2 Å². The maximum absolute atomic E-state index is 12.3. The van der Waals surface area contributed by atoms with Gasteiger partial charge >= 0.3 is 5.97 Å². The number of hydrogen-bond donors (Lipinski definition) is 1. The van der Waals surface area contributed by atoms with E-state index >= 15 is 0 Å². The molecule has 37 heavy (non-hydrogen) atoms. The topological polar surface area (TPSA) is 80.2 Å². The minimum atomic E-state index is -0.0678. The summed E-state index contributed by atoms with van der Waals surface area (Å²) >= 11 is 0. The minimum Gasteiger partial charge on any atom is -0.466 e. The van der Waals surface area contributed by atoms with Gasteiger partial charge in [0.25, 0.3) is 0 Å². The van der Waals surface area contributed by atoms with Crippen LogP contribution >= 0.6 is 0 Å². The Morgan fingerprint density at radius 1 is 1.05 bits per heavy atom. The number of piperidine rings is 1. The van der Waals surface area contributed by atoms with Crippen molar-refractivity contribution in [3.8, 4) is 11.3 Å². The van der Waals surface area contributed by atoms with Crippen molar-refractivity contribution >= 4 is 28.4 Å². The first-order valence-corrected chi connectivity index (χ1v) is 14.1. The molecule has 0 aromatic carbocycles. The van der Waals surface area contributed by atoms with Crippen molar-refractivity contribution in [1.82, 2.24) is 15.0 Å². The van der Waals surface area contributed by atoms with E-state index in [2.05, 4.69) is 39.6 Å². The molecule has 7 nitrogen and oxygen atoms in total. The molecule has 4 heterocycles. The average molecular weight is 500 g/mol. The molecule has 1 aliphatic heterocycles. The Morgan fingerprint density at radius 2 is 1.86 bits per heavy atom. The van der Waals surface area contributed by atoms with E-state index in [9.17, 15) is 4.79 Å².